The molecule has 0 aromatic heterocycles. The lowest BCUT2D eigenvalue weighted by atomic mass is 10.1. The fraction of sp³-hybridized carbons (Fsp3) is 0.500. The van der Waals surface area contributed by atoms with Crippen LogP contribution in [0.3, 0.4) is 0 Å². The van der Waals surface area contributed by atoms with Crippen molar-refractivity contribution >= 4 is 5.91 Å². The minimum absolute atomic E-state index is 0.109. The summed E-state index contributed by atoms with van der Waals surface area (Å²) in [4.78, 5) is 11.5. The number of ether oxygens (including phenoxy) is 2. The number of benzene rings is 1. The van der Waals surface area contributed by atoms with E-state index in [1.807, 2.05) is 24.3 Å². The van der Waals surface area contributed by atoms with E-state index < -0.39 is 12.8 Å². The lowest BCUT2D eigenvalue weighted by molar-refractivity contribution is -0.174. The Balaban J connectivity index is 2.30. The zero-order valence-electron chi connectivity index (χ0n) is 11.7. The van der Waals surface area contributed by atoms with Crippen LogP contribution in [0, 0.1) is 0 Å². The van der Waals surface area contributed by atoms with Crippen LogP contribution in [0.25, 0.3) is 0 Å². The lowest BCUT2D eigenvalue weighted by Gasteiger charge is -2.10. The Labute approximate surface area is 121 Å². The molecule has 1 aromatic carbocycles. The normalized spacial score (nSPS) is 11.4. The number of methoxy groups -OCH3 is 1. The average Bonchev–Trinajstić information content (AvgIpc) is 2.42. The fourth-order valence-corrected chi connectivity index (χ4v) is 1.66. The smallest absolute Gasteiger partial charge is 0.380 e. The number of halogens is 3. The van der Waals surface area contributed by atoms with Gasteiger partial charge in [-0.05, 0) is 11.1 Å². The van der Waals surface area contributed by atoms with Crippen LogP contribution in [-0.4, -0.2) is 32.4 Å². The zero-order chi connectivity index (χ0) is 15.7. The van der Waals surface area contributed by atoms with Gasteiger partial charge in [-0.3, -0.25) is 4.79 Å². The van der Waals surface area contributed by atoms with Gasteiger partial charge in [-0.2, -0.15) is 13.2 Å². The second kappa shape index (κ2) is 8.63. The molecule has 21 heavy (non-hydrogen) atoms. The summed E-state index contributed by atoms with van der Waals surface area (Å²) in [5.74, 6) is -0.357. The lowest BCUT2D eigenvalue weighted by Crippen LogP contribution is -2.25. The van der Waals surface area contributed by atoms with Crippen LogP contribution in [0.2, 0.25) is 0 Å². The van der Waals surface area contributed by atoms with Gasteiger partial charge < -0.3 is 14.8 Å². The topological polar surface area (TPSA) is 47.6 Å². The van der Waals surface area contributed by atoms with Crippen molar-refractivity contribution in [2.75, 3.05) is 20.3 Å². The first kappa shape index (κ1) is 17.5. The first-order valence-electron chi connectivity index (χ1n) is 6.39. The van der Waals surface area contributed by atoms with Crippen molar-refractivity contribution in [2.24, 2.45) is 0 Å². The second-order valence-electron chi connectivity index (χ2n) is 4.40. The maximum absolute atomic E-state index is 11.8. The molecule has 7 heteroatoms. The van der Waals surface area contributed by atoms with Crippen molar-refractivity contribution in [3.63, 3.8) is 0 Å². The molecule has 1 rings (SSSR count). The number of hydrogen-bond donors (Lipinski definition) is 1. The number of amides is 1. The van der Waals surface area contributed by atoms with E-state index in [4.69, 9.17) is 4.74 Å². The highest BCUT2D eigenvalue weighted by atomic mass is 19.4. The highest BCUT2D eigenvalue weighted by Gasteiger charge is 2.27. The standard InChI is InChI=1S/C14H18F3NO3/c1-20-9-12-5-3-2-4-11(12)8-18-13(19)6-7-21-10-14(15,16)17/h2-5H,6-10H2,1H3,(H,18,19). The molecule has 0 fully saturated rings. The van der Waals surface area contributed by atoms with Gasteiger partial charge in [-0.25, -0.2) is 0 Å². The van der Waals surface area contributed by atoms with Crippen LogP contribution in [-0.2, 0) is 27.4 Å². The van der Waals surface area contributed by atoms with Crippen molar-refractivity contribution in [3.05, 3.63) is 35.4 Å². The number of carbonyl (C=O) groups is 1. The third-order valence-electron chi connectivity index (χ3n) is 2.63. The average molecular weight is 305 g/mol. The van der Waals surface area contributed by atoms with Crippen molar-refractivity contribution in [2.45, 2.75) is 25.7 Å². The summed E-state index contributed by atoms with van der Waals surface area (Å²) < 4.78 is 44.9. The van der Waals surface area contributed by atoms with E-state index in [9.17, 15) is 18.0 Å². The molecule has 4 nitrogen and oxygen atoms in total. The fourth-order valence-electron chi connectivity index (χ4n) is 1.66. The molecule has 0 spiro atoms. The largest absolute Gasteiger partial charge is 0.411 e. The monoisotopic (exact) mass is 305 g/mol. The zero-order valence-corrected chi connectivity index (χ0v) is 11.7. The molecular formula is C14H18F3NO3. The Morgan fingerprint density at radius 3 is 2.52 bits per heavy atom. The molecule has 118 valence electrons. The maximum Gasteiger partial charge on any atom is 0.411 e. The van der Waals surface area contributed by atoms with Gasteiger partial charge >= 0.3 is 6.18 Å². The summed E-state index contributed by atoms with van der Waals surface area (Å²) >= 11 is 0. The van der Waals surface area contributed by atoms with Crippen LogP contribution in [0.15, 0.2) is 24.3 Å². The Morgan fingerprint density at radius 1 is 1.24 bits per heavy atom. The van der Waals surface area contributed by atoms with E-state index in [1.54, 1.807) is 7.11 Å². The molecule has 0 saturated heterocycles. The Hall–Kier alpha value is -1.60. The molecule has 1 N–H and O–H groups in total. The van der Waals surface area contributed by atoms with Crippen LogP contribution in [0.5, 0.6) is 0 Å². The highest BCUT2D eigenvalue weighted by Crippen LogP contribution is 2.14. The van der Waals surface area contributed by atoms with E-state index in [0.29, 0.717) is 13.2 Å². The predicted octanol–water partition coefficient (Wildman–Crippen LogP) is 2.42. The third-order valence-corrected chi connectivity index (χ3v) is 2.63. The molecule has 1 amide bonds. The minimum Gasteiger partial charge on any atom is -0.380 e. The maximum atomic E-state index is 11.8. The van der Waals surface area contributed by atoms with Crippen LogP contribution >= 0.6 is 0 Å². The molecule has 0 bridgehead atoms. The molecule has 0 radical (unpaired) electrons. The molecule has 1 aromatic rings. The Kier molecular flexibility index (Phi) is 7.18. The van der Waals surface area contributed by atoms with Crippen molar-refractivity contribution < 1.29 is 27.4 Å². The van der Waals surface area contributed by atoms with Crippen LogP contribution in [0.4, 0.5) is 13.2 Å². The van der Waals surface area contributed by atoms with Gasteiger partial charge in [-0.1, -0.05) is 24.3 Å². The van der Waals surface area contributed by atoms with E-state index in [0.717, 1.165) is 11.1 Å². The summed E-state index contributed by atoms with van der Waals surface area (Å²) in [6.45, 7) is -0.861. The molecule has 0 atom stereocenters. The molecule has 0 aliphatic heterocycles. The minimum atomic E-state index is -4.37. The summed E-state index contributed by atoms with van der Waals surface area (Å²) in [6.07, 6.45) is -4.47. The number of nitrogens with one attached hydrogen (secondary N) is 1. The van der Waals surface area contributed by atoms with Crippen LogP contribution < -0.4 is 5.32 Å². The van der Waals surface area contributed by atoms with Crippen molar-refractivity contribution in [1.29, 1.82) is 0 Å². The summed E-state index contributed by atoms with van der Waals surface area (Å²) in [5, 5.41) is 2.64. The Bertz CT molecular complexity index is 449. The Morgan fingerprint density at radius 2 is 1.90 bits per heavy atom. The third kappa shape index (κ3) is 7.67. The first-order valence-corrected chi connectivity index (χ1v) is 6.39. The van der Waals surface area contributed by atoms with E-state index in [2.05, 4.69) is 10.1 Å². The number of hydrogen-bond acceptors (Lipinski definition) is 3. The van der Waals surface area contributed by atoms with Gasteiger partial charge in [0.05, 0.1) is 13.2 Å². The van der Waals surface area contributed by atoms with Gasteiger partial charge in [0.2, 0.25) is 5.91 Å². The van der Waals surface area contributed by atoms with Gasteiger partial charge in [0.1, 0.15) is 6.61 Å². The quantitative estimate of drug-likeness (QED) is 0.750. The van der Waals surface area contributed by atoms with Gasteiger partial charge in [0.25, 0.3) is 0 Å². The molecule has 0 aliphatic rings. The number of alkyl halides is 3. The molecule has 0 unspecified atom stereocenters. The van der Waals surface area contributed by atoms with Gasteiger partial charge in [0, 0.05) is 20.1 Å². The van der Waals surface area contributed by atoms with E-state index in [-0.39, 0.29) is 18.9 Å². The van der Waals surface area contributed by atoms with E-state index >= 15 is 0 Å². The summed E-state index contributed by atoms with van der Waals surface area (Å²) in [5.41, 5.74) is 1.86. The summed E-state index contributed by atoms with van der Waals surface area (Å²) in [6, 6.07) is 7.45. The molecular weight excluding hydrogens is 287 g/mol. The molecule has 0 aliphatic carbocycles. The molecule has 0 saturated carbocycles. The second-order valence-corrected chi connectivity index (χ2v) is 4.40. The van der Waals surface area contributed by atoms with Crippen LogP contribution in [0.1, 0.15) is 17.5 Å². The van der Waals surface area contributed by atoms with Crippen molar-refractivity contribution in [1.82, 2.24) is 5.32 Å². The SMILES string of the molecule is COCc1ccccc1CNC(=O)CCOCC(F)(F)F. The molecule has 0 heterocycles. The predicted molar refractivity (Wildman–Crippen MR) is 70.5 cm³/mol. The highest BCUT2D eigenvalue weighted by molar-refractivity contribution is 5.75. The first-order chi connectivity index (χ1) is 9.92. The number of rotatable bonds is 8. The van der Waals surface area contributed by atoms with Crippen molar-refractivity contribution in [3.8, 4) is 0 Å². The summed E-state index contributed by atoms with van der Waals surface area (Å²) in [7, 11) is 1.58. The van der Waals surface area contributed by atoms with E-state index in [1.165, 1.54) is 0 Å². The number of carbonyl (C=O) groups excluding carboxylic acids is 1. The van der Waals surface area contributed by atoms with Gasteiger partial charge in [0.15, 0.2) is 0 Å². The van der Waals surface area contributed by atoms with Gasteiger partial charge in [-0.15, -0.1) is 0 Å².